The van der Waals surface area contributed by atoms with E-state index in [-0.39, 0.29) is 11.3 Å². The molecule has 1 spiro atoms. The van der Waals surface area contributed by atoms with Crippen LogP contribution in [0.25, 0.3) is 6.08 Å². The Morgan fingerprint density at radius 3 is 2.59 bits per heavy atom. The number of piperidine rings is 1. The Kier molecular flexibility index (Phi) is 6.00. The zero-order valence-corrected chi connectivity index (χ0v) is 20.1. The van der Waals surface area contributed by atoms with Gasteiger partial charge in [0.25, 0.3) is 5.91 Å². The first-order valence-corrected chi connectivity index (χ1v) is 11.9. The number of nitrogens with zero attached hydrogens (tertiary/aromatic N) is 3. The highest BCUT2D eigenvalue weighted by molar-refractivity contribution is 6.09. The average molecular weight is 458 g/mol. The van der Waals surface area contributed by atoms with Gasteiger partial charge in [-0.25, -0.2) is 0 Å². The number of ether oxygens (including phenoxy) is 1. The van der Waals surface area contributed by atoms with Gasteiger partial charge < -0.3 is 14.2 Å². The van der Waals surface area contributed by atoms with Gasteiger partial charge in [-0.3, -0.25) is 9.69 Å². The summed E-state index contributed by atoms with van der Waals surface area (Å²) in [4.78, 5) is 18.0. The number of methoxy groups -OCH3 is 1. The van der Waals surface area contributed by atoms with Gasteiger partial charge >= 0.3 is 0 Å². The van der Waals surface area contributed by atoms with E-state index in [1.54, 1.807) is 14.0 Å². The standard InChI is InChI=1S/C28H31N3O3/c1-20-26(21(2)34-29-20)27(32)31-19-28(24-18-23(33-3)11-12-25(24)31)13-16-30(17-14-28)15-7-10-22-8-5-4-6-9-22/h4-12,18H,13-17,19H2,1-3H3. The van der Waals surface area contributed by atoms with E-state index in [1.807, 2.05) is 30.0 Å². The molecule has 0 N–H and O–H groups in total. The molecule has 0 aliphatic carbocycles. The smallest absolute Gasteiger partial charge is 0.263 e. The van der Waals surface area contributed by atoms with Gasteiger partial charge in [-0.15, -0.1) is 0 Å². The van der Waals surface area contributed by atoms with Crippen LogP contribution >= 0.6 is 0 Å². The number of likely N-dealkylation sites (tertiary alicyclic amines) is 1. The number of aryl methyl sites for hydroxylation is 2. The summed E-state index contributed by atoms with van der Waals surface area (Å²) in [6.07, 6.45) is 6.42. The average Bonchev–Trinajstić information content (AvgIpc) is 3.37. The third-order valence-electron chi connectivity index (χ3n) is 7.31. The molecule has 1 aromatic heterocycles. The summed E-state index contributed by atoms with van der Waals surface area (Å²) >= 11 is 0. The fourth-order valence-corrected chi connectivity index (χ4v) is 5.37. The molecule has 1 amide bonds. The van der Waals surface area contributed by atoms with Crippen molar-refractivity contribution >= 4 is 17.7 Å². The lowest BCUT2D eigenvalue weighted by molar-refractivity contribution is 0.0976. The van der Waals surface area contributed by atoms with E-state index in [1.165, 1.54) is 11.1 Å². The minimum atomic E-state index is -0.0713. The van der Waals surface area contributed by atoms with Gasteiger partial charge in [0.2, 0.25) is 0 Å². The highest BCUT2D eigenvalue weighted by Crippen LogP contribution is 2.48. The number of rotatable bonds is 5. The van der Waals surface area contributed by atoms with E-state index in [0.717, 1.165) is 43.9 Å². The van der Waals surface area contributed by atoms with Gasteiger partial charge in [0.15, 0.2) is 0 Å². The van der Waals surface area contributed by atoms with Crippen molar-refractivity contribution in [3.63, 3.8) is 0 Å². The Balaban J connectivity index is 1.36. The molecule has 5 rings (SSSR count). The molecule has 0 atom stereocenters. The minimum absolute atomic E-state index is 0.0345. The Bertz CT molecular complexity index is 1190. The normalized spacial score (nSPS) is 17.4. The predicted octanol–water partition coefficient (Wildman–Crippen LogP) is 5.01. The minimum Gasteiger partial charge on any atom is -0.497 e. The third kappa shape index (κ3) is 4.03. The van der Waals surface area contributed by atoms with Gasteiger partial charge in [0.1, 0.15) is 17.1 Å². The molecule has 2 aromatic carbocycles. The molecule has 0 saturated carbocycles. The monoisotopic (exact) mass is 457 g/mol. The number of fused-ring (bicyclic) bond motifs is 2. The summed E-state index contributed by atoms with van der Waals surface area (Å²) < 4.78 is 10.8. The fourth-order valence-electron chi connectivity index (χ4n) is 5.37. The van der Waals surface area contributed by atoms with Crippen LogP contribution < -0.4 is 9.64 Å². The van der Waals surface area contributed by atoms with Crippen molar-refractivity contribution in [1.29, 1.82) is 0 Å². The number of aromatic nitrogens is 1. The maximum Gasteiger partial charge on any atom is 0.263 e. The number of amides is 1. The zero-order chi connectivity index (χ0) is 23.7. The van der Waals surface area contributed by atoms with Gasteiger partial charge in [-0.1, -0.05) is 47.6 Å². The molecule has 0 bridgehead atoms. The van der Waals surface area contributed by atoms with Crippen molar-refractivity contribution < 1.29 is 14.1 Å². The molecule has 2 aliphatic heterocycles. The molecule has 1 saturated heterocycles. The van der Waals surface area contributed by atoms with E-state index in [9.17, 15) is 4.79 Å². The maximum absolute atomic E-state index is 13.6. The summed E-state index contributed by atoms with van der Waals surface area (Å²) in [5.74, 6) is 1.37. The van der Waals surface area contributed by atoms with Gasteiger partial charge in [-0.2, -0.15) is 0 Å². The zero-order valence-electron chi connectivity index (χ0n) is 20.1. The van der Waals surface area contributed by atoms with Crippen LogP contribution in [0.4, 0.5) is 5.69 Å². The number of carbonyl (C=O) groups excluding carboxylic acids is 1. The lowest BCUT2D eigenvalue weighted by atomic mass is 9.74. The first kappa shape index (κ1) is 22.4. The first-order chi connectivity index (χ1) is 16.5. The summed E-state index contributed by atoms with van der Waals surface area (Å²) in [7, 11) is 1.69. The predicted molar refractivity (Wildman–Crippen MR) is 133 cm³/mol. The Morgan fingerprint density at radius 1 is 1.15 bits per heavy atom. The lowest BCUT2D eigenvalue weighted by Crippen LogP contribution is -2.46. The molecule has 3 aromatic rings. The summed E-state index contributed by atoms with van der Waals surface area (Å²) in [5, 5.41) is 4.00. The van der Waals surface area contributed by atoms with Crippen molar-refractivity contribution in [2.24, 2.45) is 0 Å². The highest BCUT2D eigenvalue weighted by atomic mass is 16.5. The topological polar surface area (TPSA) is 58.8 Å². The van der Waals surface area contributed by atoms with Crippen LogP contribution in [0, 0.1) is 13.8 Å². The second-order valence-corrected chi connectivity index (χ2v) is 9.37. The molecule has 0 radical (unpaired) electrons. The van der Waals surface area contributed by atoms with Crippen molar-refractivity contribution in [2.75, 3.05) is 38.2 Å². The van der Waals surface area contributed by atoms with Crippen molar-refractivity contribution in [1.82, 2.24) is 10.1 Å². The third-order valence-corrected chi connectivity index (χ3v) is 7.31. The Hall–Kier alpha value is -3.38. The Labute approximate surface area is 200 Å². The Morgan fingerprint density at radius 2 is 1.91 bits per heavy atom. The van der Waals surface area contributed by atoms with Gasteiger partial charge in [0, 0.05) is 24.2 Å². The van der Waals surface area contributed by atoms with Crippen LogP contribution in [0.2, 0.25) is 0 Å². The quantitative estimate of drug-likeness (QED) is 0.539. The van der Waals surface area contributed by atoms with Crippen LogP contribution in [-0.4, -0.2) is 49.3 Å². The van der Waals surface area contributed by atoms with E-state index in [2.05, 4.69) is 52.5 Å². The second-order valence-electron chi connectivity index (χ2n) is 9.37. The van der Waals surface area contributed by atoms with Gasteiger partial charge in [0.05, 0.1) is 12.8 Å². The van der Waals surface area contributed by atoms with Crippen LogP contribution in [0.5, 0.6) is 5.75 Å². The van der Waals surface area contributed by atoms with Crippen molar-refractivity contribution in [3.8, 4) is 5.75 Å². The van der Waals surface area contributed by atoms with Crippen LogP contribution in [0.1, 0.15) is 45.8 Å². The van der Waals surface area contributed by atoms with Crippen LogP contribution in [0.15, 0.2) is 59.1 Å². The summed E-state index contributed by atoms with van der Waals surface area (Å²) in [6, 6.07) is 16.5. The molecular formula is C28H31N3O3. The SMILES string of the molecule is COc1ccc2c(c1)C1(CCN(CC=Cc3ccccc3)CC1)CN2C(=O)c1c(C)noc1C. The molecule has 3 heterocycles. The lowest BCUT2D eigenvalue weighted by Gasteiger charge is -2.39. The largest absolute Gasteiger partial charge is 0.497 e. The molecule has 6 nitrogen and oxygen atoms in total. The van der Waals surface area contributed by atoms with Crippen LogP contribution in [0.3, 0.4) is 0 Å². The summed E-state index contributed by atoms with van der Waals surface area (Å²) in [5.41, 5.74) is 4.55. The van der Waals surface area contributed by atoms with Gasteiger partial charge in [-0.05, 0) is 69.1 Å². The van der Waals surface area contributed by atoms with E-state index in [4.69, 9.17) is 9.26 Å². The van der Waals surface area contributed by atoms with Crippen molar-refractivity contribution in [2.45, 2.75) is 32.1 Å². The number of hydrogen-bond donors (Lipinski definition) is 0. The summed E-state index contributed by atoms with van der Waals surface area (Å²) in [6.45, 7) is 7.21. The molecule has 0 unspecified atom stereocenters. The molecule has 176 valence electrons. The van der Waals surface area contributed by atoms with E-state index in [0.29, 0.717) is 23.6 Å². The molecule has 1 fully saturated rings. The van der Waals surface area contributed by atoms with E-state index >= 15 is 0 Å². The molecular weight excluding hydrogens is 426 g/mol. The molecule has 34 heavy (non-hydrogen) atoms. The number of carbonyl (C=O) groups is 1. The first-order valence-electron chi connectivity index (χ1n) is 11.9. The second kappa shape index (κ2) is 9.11. The van der Waals surface area contributed by atoms with Crippen LogP contribution in [-0.2, 0) is 5.41 Å². The van der Waals surface area contributed by atoms with E-state index < -0.39 is 0 Å². The molecule has 6 heteroatoms. The molecule has 2 aliphatic rings. The fraction of sp³-hybridized carbons (Fsp3) is 0.357. The van der Waals surface area contributed by atoms with Crippen molar-refractivity contribution in [3.05, 3.63) is 82.8 Å². The number of hydrogen-bond acceptors (Lipinski definition) is 5. The maximum atomic E-state index is 13.6. The number of anilines is 1. The number of benzene rings is 2. The highest BCUT2D eigenvalue weighted by Gasteiger charge is 2.47.